The molecule has 2 heterocycles. The molecule has 0 saturated carbocycles. The summed E-state index contributed by atoms with van der Waals surface area (Å²) in [7, 11) is 0. The molecule has 0 bridgehead atoms. The Kier molecular flexibility index (Phi) is 3.06. The van der Waals surface area contributed by atoms with Crippen molar-refractivity contribution < 1.29 is 4.79 Å². The number of aryl methyl sites for hydroxylation is 1. The monoisotopic (exact) mass is 251 g/mol. The van der Waals surface area contributed by atoms with E-state index in [0.29, 0.717) is 5.82 Å². The molecule has 17 heavy (non-hydrogen) atoms. The molecule has 0 atom stereocenters. The van der Waals surface area contributed by atoms with Crippen molar-refractivity contribution in [1.82, 2.24) is 20.4 Å². The molecule has 7 heteroatoms. The lowest BCUT2D eigenvalue weighted by Gasteiger charge is -2.01. The summed E-state index contributed by atoms with van der Waals surface area (Å²) in [5, 5.41) is 16.9. The van der Waals surface area contributed by atoms with Crippen molar-refractivity contribution in [3.05, 3.63) is 34.2 Å². The van der Waals surface area contributed by atoms with E-state index >= 15 is 0 Å². The van der Waals surface area contributed by atoms with Crippen molar-refractivity contribution in [1.29, 1.82) is 0 Å². The number of anilines is 1. The number of hydrogen-bond acceptors (Lipinski definition) is 4. The van der Waals surface area contributed by atoms with E-state index in [9.17, 15) is 4.79 Å². The summed E-state index contributed by atoms with van der Waals surface area (Å²) in [6, 6.07) is 3.01. The maximum absolute atomic E-state index is 11.8. The third-order valence-electron chi connectivity index (χ3n) is 2.35. The highest BCUT2D eigenvalue weighted by molar-refractivity contribution is 6.29. The van der Waals surface area contributed by atoms with E-state index in [1.807, 2.05) is 13.8 Å². The van der Waals surface area contributed by atoms with Crippen molar-refractivity contribution in [3.8, 4) is 0 Å². The van der Waals surface area contributed by atoms with Crippen LogP contribution in [0, 0.1) is 13.8 Å². The fourth-order valence-corrected chi connectivity index (χ4v) is 1.32. The maximum Gasteiger partial charge on any atom is 0.277 e. The van der Waals surface area contributed by atoms with Crippen molar-refractivity contribution >= 4 is 23.3 Å². The zero-order valence-electron chi connectivity index (χ0n) is 9.28. The summed E-state index contributed by atoms with van der Waals surface area (Å²) in [5.74, 6) is 0.119. The lowest BCUT2D eigenvalue weighted by atomic mass is 10.2. The van der Waals surface area contributed by atoms with Gasteiger partial charge in [0.25, 0.3) is 5.91 Å². The van der Waals surface area contributed by atoms with Gasteiger partial charge >= 0.3 is 0 Å². The predicted octanol–water partition coefficient (Wildman–Crippen LogP) is 1.72. The normalized spacial score (nSPS) is 10.3. The molecule has 0 saturated heterocycles. The number of aromatic nitrogens is 4. The third kappa shape index (κ3) is 2.42. The van der Waals surface area contributed by atoms with Crippen LogP contribution < -0.4 is 5.32 Å². The van der Waals surface area contributed by atoms with E-state index in [0.717, 1.165) is 11.3 Å². The highest BCUT2D eigenvalue weighted by Gasteiger charge is 2.12. The van der Waals surface area contributed by atoms with Crippen LogP contribution >= 0.6 is 11.6 Å². The summed E-state index contributed by atoms with van der Waals surface area (Å²) >= 11 is 5.58. The molecule has 0 unspecified atom stereocenters. The minimum Gasteiger partial charge on any atom is -0.303 e. The second-order valence-electron chi connectivity index (χ2n) is 3.52. The Morgan fingerprint density at radius 2 is 2.12 bits per heavy atom. The van der Waals surface area contributed by atoms with Crippen molar-refractivity contribution in [2.24, 2.45) is 0 Å². The van der Waals surface area contributed by atoms with E-state index in [2.05, 4.69) is 25.7 Å². The topological polar surface area (TPSA) is 83.6 Å². The van der Waals surface area contributed by atoms with Gasteiger partial charge in [-0.1, -0.05) is 11.6 Å². The SMILES string of the molecule is Cc1[nH]nc(NC(=O)c2ccc(Cl)nn2)c1C. The third-order valence-corrected chi connectivity index (χ3v) is 2.55. The minimum absolute atomic E-state index is 0.189. The van der Waals surface area contributed by atoms with Gasteiger partial charge in [0.15, 0.2) is 16.7 Å². The number of H-pyrrole nitrogens is 1. The number of carbonyl (C=O) groups is 1. The molecular formula is C10H10ClN5O. The second kappa shape index (κ2) is 4.50. The molecule has 88 valence electrons. The molecule has 2 rings (SSSR count). The highest BCUT2D eigenvalue weighted by Crippen LogP contribution is 2.14. The van der Waals surface area contributed by atoms with Gasteiger partial charge in [-0.25, -0.2) is 0 Å². The molecule has 0 radical (unpaired) electrons. The molecule has 0 spiro atoms. The van der Waals surface area contributed by atoms with Crippen LogP contribution in [0.4, 0.5) is 5.82 Å². The number of carbonyl (C=O) groups excluding carboxylic acids is 1. The number of halogens is 1. The van der Waals surface area contributed by atoms with Crippen LogP contribution in [0.3, 0.4) is 0 Å². The molecule has 1 amide bonds. The Labute approximate surface area is 102 Å². The Balaban J connectivity index is 2.17. The van der Waals surface area contributed by atoms with Gasteiger partial charge in [-0.3, -0.25) is 9.89 Å². The van der Waals surface area contributed by atoms with Crippen LogP contribution in [0.1, 0.15) is 21.7 Å². The van der Waals surface area contributed by atoms with Crippen LogP contribution in [0.2, 0.25) is 5.15 Å². The van der Waals surface area contributed by atoms with Crippen LogP contribution in [0.15, 0.2) is 12.1 Å². The molecule has 2 N–H and O–H groups in total. The van der Waals surface area contributed by atoms with Crippen LogP contribution in [-0.4, -0.2) is 26.3 Å². The highest BCUT2D eigenvalue weighted by atomic mass is 35.5. The summed E-state index contributed by atoms with van der Waals surface area (Å²) in [5.41, 5.74) is 1.98. The first-order valence-corrected chi connectivity index (χ1v) is 5.28. The van der Waals surface area contributed by atoms with E-state index in [1.54, 1.807) is 0 Å². The van der Waals surface area contributed by atoms with E-state index in [1.165, 1.54) is 12.1 Å². The van der Waals surface area contributed by atoms with Gasteiger partial charge in [-0.05, 0) is 26.0 Å². The second-order valence-corrected chi connectivity index (χ2v) is 3.90. The van der Waals surface area contributed by atoms with Gasteiger partial charge in [0.2, 0.25) is 0 Å². The Bertz CT molecular complexity index is 548. The first-order chi connectivity index (χ1) is 8.08. The Morgan fingerprint density at radius 1 is 1.35 bits per heavy atom. The number of amides is 1. The number of nitrogens with one attached hydrogen (secondary N) is 2. The molecule has 0 aliphatic rings. The number of rotatable bonds is 2. The zero-order valence-corrected chi connectivity index (χ0v) is 10.0. The first kappa shape index (κ1) is 11.5. The van der Waals surface area contributed by atoms with Crippen LogP contribution in [0.5, 0.6) is 0 Å². The van der Waals surface area contributed by atoms with Gasteiger partial charge in [0.1, 0.15) is 0 Å². The predicted molar refractivity (Wildman–Crippen MR) is 63.1 cm³/mol. The lowest BCUT2D eigenvalue weighted by molar-refractivity contribution is 0.102. The van der Waals surface area contributed by atoms with Crippen molar-refractivity contribution in [2.45, 2.75) is 13.8 Å². The van der Waals surface area contributed by atoms with Crippen molar-refractivity contribution in [2.75, 3.05) is 5.32 Å². The van der Waals surface area contributed by atoms with Gasteiger partial charge in [0, 0.05) is 11.3 Å². The van der Waals surface area contributed by atoms with Crippen LogP contribution in [-0.2, 0) is 0 Å². The number of aromatic amines is 1. The van der Waals surface area contributed by atoms with Crippen LogP contribution in [0.25, 0.3) is 0 Å². The van der Waals surface area contributed by atoms with Crippen molar-refractivity contribution in [3.63, 3.8) is 0 Å². The summed E-state index contributed by atoms with van der Waals surface area (Å²) < 4.78 is 0. The maximum atomic E-state index is 11.8. The Morgan fingerprint density at radius 3 is 2.65 bits per heavy atom. The fourth-order valence-electron chi connectivity index (χ4n) is 1.22. The molecule has 0 aliphatic carbocycles. The van der Waals surface area contributed by atoms with E-state index in [4.69, 9.17) is 11.6 Å². The number of nitrogens with zero attached hydrogens (tertiary/aromatic N) is 3. The van der Waals surface area contributed by atoms with E-state index < -0.39 is 0 Å². The summed E-state index contributed by atoms with van der Waals surface area (Å²) in [6.07, 6.45) is 0. The molecule has 0 aromatic carbocycles. The van der Waals surface area contributed by atoms with E-state index in [-0.39, 0.29) is 16.8 Å². The molecule has 0 fully saturated rings. The van der Waals surface area contributed by atoms with Gasteiger partial charge in [-0.15, -0.1) is 10.2 Å². The van der Waals surface area contributed by atoms with Gasteiger partial charge < -0.3 is 5.32 Å². The van der Waals surface area contributed by atoms with Gasteiger partial charge in [0.05, 0.1) is 0 Å². The minimum atomic E-state index is -0.372. The largest absolute Gasteiger partial charge is 0.303 e. The Hall–Kier alpha value is -1.95. The average molecular weight is 252 g/mol. The number of hydrogen-bond donors (Lipinski definition) is 2. The molecule has 0 aliphatic heterocycles. The molecular weight excluding hydrogens is 242 g/mol. The standard InChI is InChI=1S/C10H10ClN5O/c1-5-6(2)13-16-9(5)12-10(17)7-3-4-8(11)15-14-7/h3-4H,1-2H3,(H2,12,13,16,17). The molecule has 6 nitrogen and oxygen atoms in total. The molecule has 2 aromatic rings. The van der Waals surface area contributed by atoms with Gasteiger partial charge in [-0.2, -0.15) is 5.10 Å². The average Bonchev–Trinajstić information content (AvgIpc) is 2.62. The quantitative estimate of drug-likeness (QED) is 0.851. The first-order valence-electron chi connectivity index (χ1n) is 4.90. The zero-order chi connectivity index (χ0) is 12.4. The summed E-state index contributed by atoms with van der Waals surface area (Å²) in [4.78, 5) is 11.8. The fraction of sp³-hybridized carbons (Fsp3) is 0.200. The lowest BCUT2D eigenvalue weighted by Crippen LogP contribution is -2.15. The molecule has 2 aromatic heterocycles. The smallest absolute Gasteiger partial charge is 0.277 e. The summed E-state index contributed by atoms with van der Waals surface area (Å²) in [6.45, 7) is 3.74.